The van der Waals surface area contributed by atoms with Crippen LogP contribution in [0.15, 0.2) is 52.9 Å². The molecule has 0 saturated carbocycles. The maximum absolute atomic E-state index is 5.78. The standard InChI is InChI=1S/C18H19NO2/c1-3-20-15-10-8-14(9-11-15)19-12-17-13(2)21-18-7-5-4-6-16(17)18/h4-11,19H,3,12H2,1-2H3. The van der Waals surface area contributed by atoms with Gasteiger partial charge in [0.05, 0.1) is 6.61 Å². The highest BCUT2D eigenvalue weighted by Crippen LogP contribution is 2.26. The summed E-state index contributed by atoms with van der Waals surface area (Å²) in [6.07, 6.45) is 0. The molecule has 0 aliphatic carbocycles. The Hall–Kier alpha value is -2.42. The summed E-state index contributed by atoms with van der Waals surface area (Å²) in [4.78, 5) is 0. The molecular weight excluding hydrogens is 262 g/mol. The van der Waals surface area contributed by atoms with E-state index in [4.69, 9.17) is 9.15 Å². The lowest BCUT2D eigenvalue weighted by atomic mass is 10.1. The van der Waals surface area contributed by atoms with E-state index in [9.17, 15) is 0 Å². The van der Waals surface area contributed by atoms with Gasteiger partial charge in [0.15, 0.2) is 0 Å². The van der Waals surface area contributed by atoms with E-state index in [1.54, 1.807) is 0 Å². The van der Waals surface area contributed by atoms with Gasteiger partial charge < -0.3 is 14.5 Å². The number of ether oxygens (including phenoxy) is 1. The van der Waals surface area contributed by atoms with Crippen molar-refractivity contribution < 1.29 is 9.15 Å². The molecule has 0 bridgehead atoms. The number of para-hydroxylation sites is 1. The minimum atomic E-state index is 0.687. The van der Waals surface area contributed by atoms with Gasteiger partial charge in [-0.2, -0.15) is 0 Å². The second-order valence-electron chi connectivity index (χ2n) is 4.94. The fraction of sp³-hybridized carbons (Fsp3) is 0.222. The third-order valence-corrected chi connectivity index (χ3v) is 3.53. The van der Waals surface area contributed by atoms with Gasteiger partial charge >= 0.3 is 0 Å². The second kappa shape index (κ2) is 5.92. The van der Waals surface area contributed by atoms with Gasteiger partial charge in [-0.3, -0.25) is 0 Å². The fourth-order valence-corrected chi connectivity index (χ4v) is 2.47. The number of nitrogens with one attached hydrogen (secondary N) is 1. The van der Waals surface area contributed by atoms with Crippen molar-refractivity contribution in [2.75, 3.05) is 11.9 Å². The van der Waals surface area contributed by atoms with Crippen molar-refractivity contribution in [2.45, 2.75) is 20.4 Å². The van der Waals surface area contributed by atoms with Gasteiger partial charge in [0.25, 0.3) is 0 Å². The fourth-order valence-electron chi connectivity index (χ4n) is 2.47. The molecule has 0 saturated heterocycles. The SMILES string of the molecule is CCOc1ccc(NCc2c(C)oc3ccccc23)cc1. The van der Waals surface area contributed by atoms with Crippen molar-refractivity contribution in [3.63, 3.8) is 0 Å². The normalized spacial score (nSPS) is 10.8. The van der Waals surface area contributed by atoms with E-state index >= 15 is 0 Å². The van der Waals surface area contributed by atoms with Crippen LogP contribution in [-0.4, -0.2) is 6.61 Å². The molecule has 1 N–H and O–H groups in total. The number of hydrogen-bond donors (Lipinski definition) is 1. The second-order valence-corrected chi connectivity index (χ2v) is 4.94. The molecule has 1 heterocycles. The molecule has 3 nitrogen and oxygen atoms in total. The number of fused-ring (bicyclic) bond motifs is 1. The van der Waals surface area contributed by atoms with Gasteiger partial charge in [-0.25, -0.2) is 0 Å². The zero-order chi connectivity index (χ0) is 14.7. The Balaban J connectivity index is 1.75. The quantitative estimate of drug-likeness (QED) is 0.732. The molecule has 3 heteroatoms. The molecule has 0 amide bonds. The van der Waals surface area contributed by atoms with Crippen LogP contribution >= 0.6 is 0 Å². The summed E-state index contributed by atoms with van der Waals surface area (Å²) in [5.74, 6) is 1.86. The summed E-state index contributed by atoms with van der Waals surface area (Å²) in [7, 11) is 0. The average molecular weight is 281 g/mol. The first-order chi connectivity index (χ1) is 10.3. The van der Waals surface area contributed by atoms with E-state index in [1.807, 2.05) is 56.3 Å². The van der Waals surface area contributed by atoms with Crippen LogP contribution < -0.4 is 10.1 Å². The van der Waals surface area contributed by atoms with Crippen molar-refractivity contribution in [2.24, 2.45) is 0 Å². The molecule has 2 aromatic carbocycles. The smallest absolute Gasteiger partial charge is 0.134 e. The Morgan fingerprint density at radius 3 is 2.57 bits per heavy atom. The third-order valence-electron chi connectivity index (χ3n) is 3.53. The van der Waals surface area contributed by atoms with E-state index < -0.39 is 0 Å². The van der Waals surface area contributed by atoms with E-state index in [1.165, 1.54) is 10.9 Å². The zero-order valence-corrected chi connectivity index (χ0v) is 12.3. The van der Waals surface area contributed by atoms with Crippen molar-refractivity contribution in [1.82, 2.24) is 0 Å². The molecule has 3 aromatic rings. The highest BCUT2D eigenvalue weighted by Gasteiger charge is 2.09. The summed E-state index contributed by atoms with van der Waals surface area (Å²) in [6.45, 7) is 5.43. The molecule has 108 valence electrons. The van der Waals surface area contributed by atoms with Crippen LogP contribution in [0.25, 0.3) is 11.0 Å². The molecule has 3 rings (SSSR count). The lowest BCUT2D eigenvalue weighted by Gasteiger charge is -2.08. The van der Waals surface area contributed by atoms with Crippen LogP contribution in [0.4, 0.5) is 5.69 Å². The predicted octanol–water partition coefficient (Wildman–Crippen LogP) is 4.75. The zero-order valence-electron chi connectivity index (χ0n) is 12.3. The average Bonchev–Trinajstić information content (AvgIpc) is 2.82. The van der Waals surface area contributed by atoms with Gasteiger partial charge in [-0.1, -0.05) is 18.2 Å². The summed E-state index contributed by atoms with van der Waals surface area (Å²) in [6, 6.07) is 16.2. The molecule has 0 fully saturated rings. The van der Waals surface area contributed by atoms with Crippen molar-refractivity contribution in [1.29, 1.82) is 0 Å². The van der Waals surface area contributed by atoms with E-state index in [0.717, 1.165) is 29.3 Å². The lowest BCUT2D eigenvalue weighted by molar-refractivity contribution is 0.340. The molecular formula is C18H19NO2. The monoisotopic (exact) mass is 281 g/mol. The maximum atomic E-state index is 5.78. The predicted molar refractivity (Wildman–Crippen MR) is 85.9 cm³/mol. The summed E-state index contributed by atoms with van der Waals surface area (Å²) in [5, 5.41) is 4.61. The van der Waals surface area contributed by atoms with Crippen molar-refractivity contribution >= 4 is 16.7 Å². The number of benzene rings is 2. The summed E-state index contributed by atoms with van der Waals surface area (Å²) < 4.78 is 11.2. The Bertz CT molecular complexity index is 729. The first kappa shape index (κ1) is 13.6. The molecule has 0 unspecified atom stereocenters. The summed E-state index contributed by atoms with van der Waals surface area (Å²) in [5.41, 5.74) is 3.22. The number of aryl methyl sites for hydroxylation is 1. The van der Waals surface area contributed by atoms with Crippen molar-refractivity contribution in [3.05, 3.63) is 59.9 Å². The van der Waals surface area contributed by atoms with Gasteiger partial charge in [0.2, 0.25) is 0 Å². The van der Waals surface area contributed by atoms with E-state index in [0.29, 0.717) is 6.61 Å². The molecule has 0 aliphatic heterocycles. The number of furan rings is 1. The molecule has 0 atom stereocenters. The maximum Gasteiger partial charge on any atom is 0.134 e. The first-order valence-electron chi connectivity index (χ1n) is 7.21. The number of hydrogen-bond acceptors (Lipinski definition) is 3. The minimum Gasteiger partial charge on any atom is -0.494 e. The number of anilines is 1. The Morgan fingerprint density at radius 1 is 1.05 bits per heavy atom. The van der Waals surface area contributed by atoms with Crippen molar-refractivity contribution in [3.8, 4) is 5.75 Å². The summed E-state index contributed by atoms with van der Waals surface area (Å²) >= 11 is 0. The van der Waals surface area contributed by atoms with Crippen LogP contribution in [0.3, 0.4) is 0 Å². The molecule has 0 aliphatic rings. The van der Waals surface area contributed by atoms with Gasteiger partial charge in [-0.05, 0) is 44.2 Å². The lowest BCUT2D eigenvalue weighted by Crippen LogP contribution is -2.00. The van der Waals surface area contributed by atoms with Crippen LogP contribution in [0, 0.1) is 6.92 Å². The largest absolute Gasteiger partial charge is 0.494 e. The molecule has 0 spiro atoms. The van der Waals surface area contributed by atoms with Gasteiger partial charge in [0.1, 0.15) is 17.1 Å². The highest BCUT2D eigenvalue weighted by molar-refractivity contribution is 5.82. The van der Waals surface area contributed by atoms with E-state index in [-0.39, 0.29) is 0 Å². The Kier molecular flexibility index (Phi) is 3.82. The van der Waals surface area contributed by atoms with Gasteiger partial charge in [-0.15, -0.1) is 0 Å². The Labute approximate surface area is 124 Å². The topological polar surface area (TPSA) is 34.4 Å². The van der Waals surface area contributed by atoms with Crippen LogP contribution in [0.1, 0.15) is 18.2 Å². The molecule has 0 radical (unpaired) electrons. The molecule has 21 heavy (non-hydrogen) atoms. The van der Waals surface area contributed by atoms with E-state index in [2.05, 4.69) is 11.4 Å². The van der Waals surface area contributed by atoms with Crippen LogP contribution in [0.5, 0.6) is 5.75 Å². The highest BCUT2D eigenvalue weighted by atomic mass is 16.5. The number of rotatable bonds is 5. The third kappa shape index (κ3) is 2.87. The van der Waals surface area contributed by atoms with Crippen LogP contribution in [0.2, 0.25) is 0 Å². The van der Waals surface area contributed by atoms with Crippen LogP contribution in [-0.2, 0) is 6.54 Å². The minimum absolute atomic E-state index is 0.687. The molecule has 1 aromatic heterocycles. The Morgan fingerprint density at radius 2 is 1.81 bits per heavy atom. The van der Waals surface area contributed by atoms with Gasteiger partial charge in [0, 0.05) is 23.2 Å². The first-order valence-corrected chi connectivity index (χ1v) is 7.21.